The lowest BCUT2D eigenvalue weighted by atomic mass is 9.89. The third-order valence-electron chi connectivity index (χ3n) is 9.56. The van der Waals surface area contributed by atoms with Gasteiger partial charge in [-0.3, -0.25) is 29.7 Å². The maximum Gasteiger partial charge on any atom is 0.124 e. The molecule has 0 bridgehead atoms. The van der Waals surface area contributed by atoms with E-state index in [0.717, 1.165) is 45.0 Å². The van der Waals surface area contributed by atoms with E-state index in [1.165, 1.54) is 21.5 Å². The second-order valence-electron chi connectivity index (χ2n) is 13.4. The standard InChI is InChI=1S/C46H40N6O/c53-46-37(28-51(30-39-15-5-9-21-47-39)31-40-16-6-10-22-48-40)26-36(45-43-19-3-1-13-34(43)25-35-14-2-4-20-44(35)45)27-38(46)29-52(32-41-17-7-11-23-49-41)33-42-18-8-12-24-50-42/h1-27,53H,28-33H2. The van der Waals surface area contributed by atoms with E-state index in [1.54, 1.807) is 0 Å². The number of nitrogens with zero attached hydrogens (tertiary/aromatic N) is 6. The fraction of sp³-hybridized carbons (Fsp3) is 0.130. The van der Waals surface area contributed by atoms with E-state index in [1.807, 2.05) is 97.6 Å². The molecule has 0 aliphatic heterocycles. The van der Waals surface area contributed by atoms with Crippen molar-refractivity contribution < 1.29 is 5.11 Å². The van der Waals surface area contributed by atoms with Crippen LogP contribution in [0.4, 0.5) is 0 Å². The smallest absolute Gasteiger partial charge is 0.124 e. The number of hydrogen-bond donors (Lipinski definition) is 1. The number of phenols is 1. The number of pyridine rings is 4. The molecule has 8 rings (SSSR count). The molecule has 0 atom stereocenters. The maximum atomic E-state index is 12.3. The second-order valence-corrected chi connectivity index (χ2v) is 13.4. The highest BCUT2D eigenvalue weighted by molar-refractivity contribution is 6.12. The molecule has 53 heavy (non-hydrogen) atoms. The Morgan fingerprint density at radius 2 is 0.755 bits per heavy atom. The van der Waals surface area contributed by atoms with E-state index in [-0.39, 0.29) is 5.75 Å². The average Bonchev–Trinajstić information content (AvgIpc) is 3.20. The van der Waals surface area contributed by atoms with Crippen LogP contribution in [0, 0.1) is 0 Å². The van der Waals surface area contributed by atoms with Gasteiger partial charge in [0.15, 0.2) is 0 Å². The second kappa shape index (κ2) is 15.9. The van der Waals surface area contributed by atoms with Gasteiger partial charge in [0.25, 0.3) is 0 Å². The summed E-state index contributed by atoms with van der Waals surface area (Å²) in [5.41, 5.74) is 7.73. The summed E-state index contributed by atoms with van der Waals surface area (Å²) in [5, 5.41) is 17.0. The molecular formula is C46H40N6O. The van der Waals surface area contributed by atoms with Crippen molar-refractivity contribution in [3.63, 3.8) is 0 Å². The molecule has 0 spiro atoms. The van der Waals surface area contributed by atoms with Crippen molar-refractivity contribution in [2.45, 2.75) is 39.3 Å². The highest BCUT2D eigenvalue weighted by Gasteiger charge is 2.21. The molecule has 1 N–H and O–H groups in total. The van der Waals surface area contributed by atoms with Gasteiger partial charge in [-0.1, -0.05) is 72.8 Å². The summed E-state index contributed by atoms with van der Waals surface area (Å²) in [6.07, 6.45) is 7.31. The number of rotatable bonds is 13. The zero-order valence-electron chi connectivity index (χ0n) is 29.5. The molecule has 0 saturated heterocycles. The zero-order valence-corrected chi connectivity index (χ0v) is 29.5. The summed E-state index contributed by atoms with van der Waals surface area (Å²) in [6.45, 7) is 3.36. The molecule has 4 aromatic heterocycles. The van der Waals surface area contributed by atoms with Gasteiger partial charge in [0.2, 0.25) is 0 Å². The number of aromatic nitrogens is 4. The van der Waals surface area contributed by atoms with E-state index < -0.39 is 0 Å². The van der Waals surface area contributed by atoms with Crippen LogP contribution in [0.2, 0.25) is 0 Å². The van der Waals surface area contributed by atoms with E-state index in [4.69, 9.17) is 0 Å². The fourth-order valence-corrected chi connectivity index (χ4v) is 7.17. The topological polar surface area (TPSA) is 78.3 Å². The molecular weight excluding hydrogens is 653 g/mol. The van der Waals surface area contributed by atoms with E-state index in [0.29, 0.717) is 39.3 Å². The summed E-state index contributed by atoms with van der Waals surface area (Å²) in [5.74, 6) is 0.289. The monoisotopic (exact) mass is 692 g/mol. The van der Waals surface area contributed by atoms with E-state index in [9.17, 15) is 5.11 Å². The summed E-state index contributed by atoms with van der Waals surface area (Å²) in [6, 6.07) is 47.7. The third kappa shape index (κ3) is 8.12. The number of phenolic OH excluding ortho intramolecular Hbond substituents is 1. The van der Waals surface area contributed by atoms with Crippen molar-refractivity contribution in [2.24, 2.45) is 0 Å². The van der Waals surface area contributed by atoms with Gasteiger partial charge < -0.3 is 5.11 Å². The van der Waals surface area contributed by atoms with E-state index >= 15 is 0 Å². The summed E-state index contributed by atoms with van der Waals surface area (Å²) in [4.78, 5) is 23.2. The van der Waals surface area contributed by atoms with Crippen molar-refractivity contribution in [1.29, 1.82) is 0 Å². The first-order valence-electron chi connectivity index (χ1n) is 18.0. The van der Waals surface area contributed by atoms with Crippen LogP contribution < -0.4 is 0 Å². The van der Waals surface area contributed by atoms with Crippen molar-refractivity contribution >= 4 is 21.5 Å². The molecule has 0 amide bonds. The highest BCUT2D eigenvalue weighted by Crippen LogP contribution is 2.40. The minimum absolute atomic E-state index is 0.289. The molecule has 7 nitrogen and oxygen atoms in total. The average molecular weight is 693 g/mol. The Morgan fingerprint density at radius 3 is 1.11 bits per heavy atom. The number of hydrogen-bond acceptors (Lipinski definition) is 7. The molecule has 0 unspecified atom stereocenters. The number of benzene rings is 4. The lowest BCUT2D eigenvalue weighted by Crippen LogP contribution is -2.25. The predicted molar refractivity (Wildman–Crippen MR) is 211 cm³/mol. The van der Waals surface area contributed by atoms with Crippen molar-refractivity contribution in [1.82, 2.24) is 29.7 Å². The Hall–Kier alpha value is -6.28. The molecule has 260 valence electrons. The van der Waals surface area contributed by atoms with Crippen molar-refractivity contribution in [3.05, 3.63) is 198 Å². The van der Waals surface area contributed by atoms with Crippen LogP contribution in [0.1, 0.15) is 33.9 Å². The maximum absolute atomic E-state index is 12.3. The Kier molecular flexibility index (Phi) is 10.2. The van der Waals surface area contributed by atoms with Gasteiger partial charge in [-0.05, 0) is 99.4 Å². The first-order valence-corrected chi connectivity index (χ1v) is 18.0. The summed E-state index contributed by atoms with van der Waals surface area (Å²) < 4.78 is 0. The van der Waals surface area contributed by atoms with Crippen molar-refractivity contribution in [2.75, 3.05) is 0 Å². The van der Waals surface area contributed by atoms with Gasteiger partial charge in [0.1, 0.15) is 5.75 Å². The lowest BCUT2D eigenvalue weighted by Gasteiger charge is -2.26. The van der Waals surface area contributed by atoms with Crippen LogP contribution in [0.5, 0.6) is 5.75 Å². The van der Waals surface area contributed by atoms with Gasteiger partial charge in [-0.15, -0.1) is 0 Å². The molecule has 8 aromatic rings. The summed E-state index contributed by atoms with van der Waals surface area (Å²) >= 11 is 0. The number of aromatic hydroxyl groups is 1. The molecule has 7 heteroatoms. The van der Waals surface area contributed by atoms with Crippen LogP contribution in [-0.2, 0) is 39.3 Å². The van der Waals surface area contributed by atoms with Crippen LogP contribution in [0.25, 0.3) is 32.7 Å². The third-order valence-corrected chi connectivity index (χ3v) is 9.56. The molecule has 0 fully saturated rings. The molecule has 0 radical (unpaired) electrons. The molecule has 4 heterocycles. The quantitative estimate of drug-likeness (QED) is 0.121. The first-order chi connectivity index (χ1) is 26.2. The van der Waals surface area contributed by atoms with Gasteiger partial charge in [0.05, 0.1) is 22.8 Å². The van der Waals surface area contributed by atoms with E-state index in [2.05, 4.69) is 96.5 Å². The Labute approximate surface area is 309 Å². The summed E-state index contributed by atoms with van der Waals surface area (Å²) in [7, 11) is 0. The zero-order chi connectivity index (χ0) is 35.8. The lowest BCUT2D eigenvalue weighted by molar-refractivity contribution is 0.231. The largest absolute Gasteiger partial charge is 0.507 e. The Balaban J connectivity index is 1.27. The minimum Gasteiger partial charge on any atom is -0.507 e. The predicted octanol–water partition coefficient (Wildman–Crippen LogP) is 9.35. The highest BCUT2D eigenvalue weighted by atomic mass is 16.3. The van der Waals surface area contributed by atoms with Gasteiger partial charge in [-0.2, -0.15) is 0 Å². The molecule has 4 aromatic carbocycles. The Morgan fingerprint density at radius 1 is 0.396 bits per heavy atom. The molecule has 0 aliphatic rings. The minimum atomic E-state index is 0.289. The van der Waals surface area contributed by atoms with Crippen molar-refractivity contribution in [3.8, 4) is 16.9 Å². The SMILES string of the molecule is Oc1c(CN(Cc2ccccn2)Cc2ccccn2)cc(-c2c3ccccc3cc3ccccc23)cc1CN(Cc1ccccn1)Cc1ccccn1. The van der Waals surface area contributed by atoms with Crippen LogP contribution in [-0.4, -0.2) is 34.8 Å². The molecule has 0 aliphatic carbocycles. The van der Waals surface area contributed by atoms with Gasteiger partial charge in [-0.25, -0.2) is 0 Å². The first kappa shape index (κ1) is 33.8. The molecule has 0 saturated carbocycles. The van der Waals surface area contributed by atoms with Crippen LogP contribution in [0.3, 0.4) is 0 Å². The van der Waals surface area contributed by atoms with Gasteiger partial charge >= 0.3 is 0 Å². The van der Waals surface area contributed by atoms with Crippen LogP contribution in [0.15, 0.2) is 164 Å². The fourth-order valence-electron chi connectivity index (χ4n) is 7.17. The Bertz CT molecular complexity index is 2180. The van der Waals surface area contributed by atoms with Gasteiger partial charge in [0, 0.05) is 75.2 Å². The van der Waals surface area contributed by atoms with Crippen LogP contribution >= 0.6 is 0 Å². The number of fused-ring (bicyclic) bond motifs is 2. The normalized spacial score (nSPS) is 11.5.